The van der Waals surface area contributed by atoms with E-state index in [-0.39, 0.29) is 16.9 Å². The van der Waals surface area contributed by atoms with Crippen molar-refractivity contribution < 1.29 is 14.5 Å². The molecule has 2 aromatic carbocycles. The monoisotopic (exact) mass is 329 g/mol. The van der Waals surface area contributed by atoms with Gasteiger partial charge in [-0.2, -0.15) is 0 Å². The van der Waals surface area contributed by atoms with Gasteiger partial charge in [0.1, 0.15) is 5.69 Å². The van der Waals surface area contributed by atoms with Crippen LogP contribution >= 0.6 is 0 Å². The Kier molecular flexibility index (Phi) is 5.86. The van der Waals surface area contributed by atoms with Gasteiger partial charge in [-0.05, 0) is 11.6 Å². The van der Waals surface area contributed by atoms with Gasteiger partial charge in [-0.25, -0.2) is 0 Å². The number of nitro groups is 1. The third kappa shape index (κ3) is 4.30. The fraction of sp³-hybridized carbons (Fsp3) is 0.235. The summed E-state index contributed by atoms with van der Waals surface area (Å²) in [4.78, 5) is 23.9. The number of hydrogen-bond donors (Lipinski definition) is 1. The molecule has 0 spiro atoms. The van der Waals surface area contributed by atoms with Gasteiger partial charge >= 0.3 is 0 Å². The Bertz CT molecular complexity index is 687. The lowest BCUT2D eigenvalue weighted by molar-refractivity contribution is -0.384. The summed E-state index contributed by atoms with van der Waals surface area (Å²) < 4.78 is 5.58. The van der Waals surface area contributed by atoms with E-state index in [1.54, 1.807) is 11.9 Å². The summed E-state index contributed by atoms with van der Waals surface area (Å²) in [5, 5.41) is 11.2. The minimum absolute atomic E-state index is 0.120. The van der Waals surface area contributed by atoms with Gasteiger partial charge in [0.25, 0.3) is 11.6 Å². The van der Waals surface area contributed by atoms with E-state index in [1.165, 1.54) is 18.2 Å². The quantitative estimate of drug-likeness (QED) is 0.455. The van der Waals surface area contributed by atoms with Crippen LogP contribution in [-0.2, 0) is 11.3 Å². The number of carbonyl (C=O) groups excluding carboxylic acids is 1. The highest BCUT2D eigenvalue weighted by Crippen LogP contribution is 2.30. The van der Waals surface area contributed by atoms with Gasteiger partial charge in [0.15, 0.2) is 0 Å². The van der Waals surface area contributed by atoms with Crippen LogP contribution in [0.25, 0.3) is 0 Å². The van der Waals surface area contributed by atoms with Crippen molar-refractivity contribution in [3.63, 3.8) is 0 Å². The van der Waals surface area contributed by atoms with Crippen molar-refractivity contribution in [1.29, 1.82) is 0 Å². The normalized spacial score (nSPS) is 10.4. The highest BCUT2D eigenvalue weighted by Gasteiger charge is 2.23. The zero-order valence-corrected chi connectivity index (χ0v) is 13.3. The second-order valence-corrected chi connectivity index (χ2v) is 5.25. The fourth-order valence-corrected chi connectivity index (χ4v) is 2.36. The summed E-state index contributed by atoms with van der Waals surface area (Å²) in [6.45, 7) is 1.20. The molecule has 7 nitrogen and oxygen atoms in total. The first-order valence-corrected chi connectivity index (χ1v) is 7.40. The summed E-state index contributed by atoms with van der Waals surface area (Å²) in [7, 11) is 1.67. The van der Waals surface area contributed by atoms with Crippen molar-refractivity contribution in [2.75, 3.05) is 25.1 Å². The molecule has 0 aliphatic rings. The fourth-order valence-electron chi connectivity index (χ4n) is 2.36. The first-order chi connectivity index (χ1) is 11.5. The van der Waals surface area contributed by atoms with Gasteiger partial charge in [0, 0.05) is 19.7 Å². The predicted octanol–water partition coefficient (Wildman–Crippen LogP) is 2.35. The summed E-state index contributed by atoms with van der Waals surface area (Å²) in [5.41, 5.74) is 6.55. The zero-order chi connectivity index (χ0) is 17.5. The molecule has 7 heteroatoms. The maximum Gasteiger partial charge on any atom is 0.293 e. The Labute approximate surface area is 139 Å². The molecular weight excluding hydrogens is 310 g/mol. The number of amides is 1. The number of benzene rings is 2. The molecular formula is C17H19N3O4. The Balaban J connectivity index is 2.04. The molecule has 0 fully saturated rings. The SMILES string of the molecule is CN(CCOCc1ccccc1)c1c(C(N)=O)cccc1[N+](=O)[O-]. The third-order valence-electron chi connectivity index (χ3n) is 3.54. The summed E-state index contributed by atoms with van der Waals surface area (Å²) in [6, 6.07) is 14.0. The van der Waals surface area contributed by atoms with E-state index in [2.05, 4.69) is 0 Å². The maximum atomic E-state index is 11.6. The standard InChI is InChI=1S/C17H19N3O4/c1-19(10-11-24-12-13-6-3-2-4-7-13)16-14(17(18)21)8-5-9-15(16)20(22)23/h2-9H,10-12H2,1H3,(H2,18,21). The maximum absolute atomic E-state index is 11.6. The van der Waals surface area contributed by atoms with Crippen molar-refractivity contribution in [3.8, 4) is 0 Å². The van der Waals surface area contributed by atoms with E-state index in [1.807, 2.05) is 30.3 Å². The number of rotatable bonds is 8. The minimum atomic E-state index is -0.703. The van der Waals surface area contributed by atoms with Gasteiger partial charge in [-0.3, -0.25) is 14.9 Å². The van der Waals surface area contributed by atoms with E-state index >= 15 is 0 Å². The van der Waals surface area contributed by atoms with E-state index in [9.17, 15) is 14.9 Å². The molecule has 0 saturated heterocycles. The number of likely N-dealkylation sites (N-methyl/N-ethyl adjacent to an activating group) is 1. The lowest BCUT2D eigenvalue weighted by Crippen LogP contribution is -2.26. The number of carbonyl (C=O) groups is 1. The second kappa shape index (κ2) is 8.07. The average molecular weight is 329 g/mol. The van der Waals surface area contributed by atoms with Crippen LogP contribution in [0.4, 0.5) is 11.4 Å². The molecule has 0 atom stereocenters. The van der Waals surface area contributed by atoms with Crippen molar-refractivity contribution >= 4 is 17.3 Å². The molecule has 0 aromatic heterocycles. The molecule has 0 radical (unpaired) electrons. The van der Waals surface area contributed by atoms with Crippen LogP contribution in [-0.4, -0.2) is 31.0 Å². The molecule has 126 valence electrons. The van der Waals surface area contributed by atoms with Crippen LogP contribution in [0.2, 0.25) is 0 Å². The molecule has 0 saturated carbocycles. The molecule has 2 rings (SSSR count). The van der Waals surface area contributed by atoms with Crippen LogP contribution in [0.5, 0.6) is 0 Å². The molecule has 0 bridgehead atoms. The topological polar surface area (TPSA) is 98.7 Å². The van der Waals surface area contributed by atoms with Crippen molar-refractivity contribution in [3.05, 3.63) is 69.8 Å². The number of primary amides is 1. The molecule has 0 heterocycles. The smallest absolute Gasteiger partial charge is 0.293 e. The highest BCUT2D eigenvalue weighted by atomic mass is 16.6. The number of para-hydroxylation sites is 1. The van der Waals surface area contributed by atoms with E-state index in [0.29, 0.717) is 19.8 Å². The van der Waals surface area contributed by atoms with Gasteiger partial charge in [-0.1, -0.05) is 36.4 Å². The number of nitro benzene ring substituents is 1. The number of ether oxygens (including phenoxy) is 1. The molecule has 0 aliphatic heterocycles. The van der Waals surface area contributed by atoms with Crippen LogP contribution in [0.3, 0.4) is 0 Å². The van der Waals surface area contributed by atoms with E-state index in [0.717, 1.165) is 5.56 Å². The molecule has 0 aliphatic carbocycles. The molecule has 0 unspecified atom stereocenters. The second-order valence-electron chi connectivity index (χ2n) is 5.25. The lowest BCUT2D eigenvalue weighted by Gasteiger charge is -2.21. The summed E-state index contributed by atoms with van der Waals surface area (Å²) in [5.74, 6) is -0.703. The van der Waals surface area contributed by atoms with Crippen LogP contribution < -0.4 is 10.6 Å². The Morgan fingerprint density at radius 2 is 1.92 bits per heavy atom. The first kappa shape index (κ1) is 17.4. The predicted molar refractivity (Wildman–Crippen MR) is 91.0 cm³/mol. The summed E-state index contributed by atoms with van der Waals surface area (Å²) in [6.07, 6.45) is 0. The summed E-state index contributed by atoms with van der Waals surface area (Å²) >= 11 is 0. The van der Waals surface area contributed by atoms with Crippen molar-refractivity contribution in [2.24, 2.45) is 5.73 Å². The number of nitrogens with two attached hydrogens (primary N) is 1. The van der Waals surface area contributed by atoms with Crippen LogP contribution in [0.1, 0.15) is 15.9 Å². The van der Waals surface area contributed by atoms with E-state index in [4.69, 9.17) is 10.5 Å². The average Bonchev–Trinajstić information content (AvgIpc) is 2.58. The Hall–Kier alpha value is -2.93. The van der Waals surface area contributed by atoms with Crippen molar-refractivity contribution in [1.82, 2.24) is 0 Å². The largest absolute Gasteiger partial charge is 0.375 e. The number of hydrogen-bond acceptors (Lipinski definition) is 5. The number of nitrogens with zero attached hydrogens (tertiary/aromatic N) is 2. The van der Waals surface area contributed by atoms with Gasteiger partial charge in [-0.15, -0.1) is 0 Å². The third-order valence-corrected chi connectivity index (χ3v) is 3.54. The van der Waals surface area contributed by atoms with Crippen LogP contribution in [0.15, 0.2) is 48.5 Å². The zero-order valence-electron chi connectivity index (χ0n) is 13.3. The molecule has 2 N–H and O–H groups in total. The lowest BCUT2D eigenvalue weighted by atomic mass is 10.1. The minimum Gasteiger partial charge on any atom is -0.375 e. The number of anilines is 1. The van der Waals surface area contributed by atoms with Crippen LogP contribution in [0, 0.1) is 10.1 Å². The molecule has 2 aromatic rings. The molecule has 24 heavy (non-hydrogen) atoms. The Morgan fingerprint density at radius 3 is 2.54 bits per heavy atom. The first-order valence-electron chi connectivity index (χ1n) is 7.40. The molecule has 1 amide bonds. The van der Waals surface area contributed by atoms with Gasteiger partial charge in [0.05, 0.1) is 23.7 Å². The van der Waals surface area contributed by atoms with Gasteiger partial charge < -0.3 is 15.4 Å². The Morgan fingerprint density at radius 1 is 1.21 bits per heavy atom. The highest BCUT2D eigenvalue weighted by molar-refractivity contribution is 6.00. The van der Waals surface area contributed by atoms with Gasteiger partial charge in [0.2, 0.25) is 0 Å². The van der Waals surface area contributed by atoms with E-state index < -0.39 is 10.8 Å². The van der Waals surface area contributed by atoms with Crippen molar-refractivity contribution in [2.45, 2.75) is 6.61 Å².